The minimum absolute atomic E-state index is 0.244. The maximum Gasteiger partial charge on any atom is 0.253 e. The van der Waals surface area contributed by atoms with Gasteiger partial charge in [0.2, 0.25) is 0 Å². The molecule has 0 fully saturated rings. The van der Waals surface area contributed by atoms with E-state index in [2.05, 4.69) is 10.3 Å². The molecular weight excluding hydrogens is 216 g/mol. The number of methoxy groups -OCH3 is 1. The Hall–Kier alpha value is -1.13. The zero-order valence-corrected chi connectivity index (χ0v) is 9.63. The molecule has 1 aromatic rings. The number of anilines is 1. The minimum Gasteiger partial charge on any atom is -0.372 e. The van der Waals surface area contributed by atoms with Gasteiger partial charge in [-0.2, -0.15) is 0 Å². The smallest absolute Gasteiger partial charge is 0.253 e. The lowest BCUT2D eigenvalue weighted by Crippen LogP contribution is -2.26. The summed E-state index contributed by atoms with van der Waals surface area (Å²) in [4.78, 5) is 15.4. The number of carbonyl (C=O) groups excluding carboxylic acids is 1. The molecule has 1 atom stereocenters. The Bertz CT molecular complexity index is 368. The highest BCUT2D eigenvalue weighted by Crippen LogP contribution is 2.19. The fraction of sp³-hybridized carbons (Fsp3) is 0.400. The maximum absolute atomic E-state index is 11.5. The zero-order chi connectivity index (χ0) is 11.4. The number of pyridine rings is 1. The third-order valence-corrected chi connectivity index (χ3v) is 2.26. The van der Waals surface area contributed by atoms with E-state index in [-0.39, 0.29) is 11.1 Å². The van der Waals surface area contributed by atoms with Gasteiger partial charge in [0, 0.05) is 13.3 Å². The molecule has 1 amide bonds. The molecule has 0 saturated carbocycles. The first-order valence-corrected chi connectivity index (χ1v) is 4.88. The molecule has 1 aromatic heterocycles. The number of hydrogen-bond acceptors (Lipinski definition) is 3. The Morgan fingerprint density at radius 2 is 2.33 bits per heavy atom. The van der Waals surface area contributed by atoms with Crippen LogP contribution in [0.5, 0.6) is 0 Å². The largest absolute Gasteiger partial charge is 0.372 e. The van der Waals surface area contributed by atoms with Gasteiger partial charge in [0.25, 0.3) is 5.91 Å². The molecular formula is C10H13ClN2O2. The first-order valence-electron chi connectivity index (χ1n) is 4.50. The van der Waals surface area contributed by atoms with E-state index in [4.69, 9.17) is 16.3 Å². The van der Waals surface area contributed by atoms with Crippen molar-refractivity contribution in [3.05, 3.63) is 23.0 Å². The van der Waals surface area contributed by atoms with Crippen LogP contribution in [0, 0.1) is 6.92 Å². The lowest BCUT2D eigenvalue weighted by Gasteiger charge is -2.11. The summed E-state index contributed by atoms with van der Waals surface area (Å²) in [5.41, 5.74) is 1.44. The van der Waals surface area contributed by atoms with E-state index in [0.29, 0.717) is 5.69 Å². The molecule has 0 spiro atoms. The van der Waals surface area contributed by atoms with Crippen LogP contribution in [0.4, 0.5) is 5.69 Å². The maximum atomic E-state index is 11.5. The zero-order valence-electron chi connectivity index (χ0n) is 8.87. The molecule has 0 aromatic carbocycles. The molecule has 0 radical (unpaired) electrons. The highest BCUT2D eigenvalue weighted by atomic mass is 35.5. The summed E-state index contributed by atoms with van der Waals surface area (Å²) in [5.74, 6) is -0.244. The van der Waals surface area contributed by atoms with Gasteiger partial charge in [-0.3, -0.25) is 4.79 Å². The summed E-state index contributed by atoms with van der Waals surface area (Å²) in [6, 6.07) is 1.76. The van der Waals surface area contributed by atoms with Gasteiger partial charge in [-0.15, -0.1) is 0 Å². The minimum atomic E-state index is -0.512. The standard InChI is InChI=1S/C10H13ClN2O2/c1-6-4-8(9(11)12-5-6)13-10(14)7(2)15-3/h4-5,7H,1-3H3,(H,13,14). The topological polar surface area (TPSA) is 51.2 Å². The second-order valence-electron chi connectivity index (χ2n) is 3.22. The molecule has 1 rings (SSSR count). The molecule has 1 heterocycles. The fourth-order valence-corrected chi connectivity index (χ4v) is 1.13. The molecule has 82 valence electrons. The summed E-state index contributed by atoms with van der Waals surface area (Å²) in [5, 5.41) is 2.92. The number of hydrogen-bond donors (Lipinski definition) is 1. The molecule has 15 heavy (non-hydrogen) atoms. The van der Waals surface area contributed by atoms with Crippen molar-refractivity contribution >= 4 is 23.2 Å². The van der Waals surface area contributed by atoms with Crippen molar-refractivity contribution in [3.8, 4) is 0 Å². The third-order valence-electron chi connectivity index (χ3n) is 1.96. The van der Waals surface area contributed by atoms with Crippen molar-refractivity contribution in [2.75, 3.05) is 12.4 Å². The Balaban J connectivity index is 2.80. The summed E-state index contributed by atoms with van der Waals surface area (Å²) >= 11 is 5.82. The summed E-state index contributed by atoms with van der Waals surface area (Å²) in [7, 11) is 1.47. The van der Waals surface area contributed by atoms with E-state index in [9.17, 15) is 4.79 Å². The number of carbonyl (C=O) groups is 1. The first kappa shape index (κ1) is 11.9. The van der Waals surface area contributed by atoms with Crippen molar-refractivity contribution in [2.45, 2.75) is 20.0 Å². The van der Waals surface area contributed by atoms with Gasteiger partial charge in [0.1, 0.15) is 6.10 Å². The van der Waals surface area contributed by atoms with E-state index in [1.165, 1.54) is 7.11 Å². The normalized spacial score (nSPS) is 12.3. The summed E-state index contributed by atoms with van der Waals surface area (Å²) in [6.45, 7) is 3.53. The summed E-state index contributed by atoms with van der Waals surface area (Å²) < 4.78 is 4.88. The van der Waals surface area contributed by atoms with Crippen LogP contribution in [0.2, 0.25) is 5.15 Å². The van der Waals surface area contributed by atoms with Crippen molar-refractivity contribution in [1.82, 2.24) is 4.98 Å². The predicted octanol–water partition coefficient (Wildman–Crippen LogP) is 2.02. The van der Waals surface area contributed by atoms with Crippen LogP contribution < -0.4 is 5.32 Å². The van der Waals surface area contributed by atoms with Crippen LogP contribution in [0.3, 0.4) is 0 Å². The van der Waals surface area contributed by atoms with E-state index >= 15 is 0 Å². The van der Waals surface area contributed by atoms with Gasteiger partial charge >= 0.3 is 0 Å². The lowest BCUT2D eigenvalue weighted by molar-refractivity contribution is -0.124. The van der Waals surface area contributed by atoms with Gasteiger partial charge in [-0.1, -0.05) is 11.6 Å². The number of amides is 1. The second kappa shape index (κ2) is 5.09. The van der Waals surface area contributed by atoms with E-state index in [1.807, 2.05) is 6.92 Å². The average molecular weight is 229 g/mol. The third kappa shape index (κ3) is 3.18. The number of nitrogens with one attached hydrogen (secondary N) is 1. The van der Waals surface area contributed by atoms with Crippen LogP contribution in [0.1, 0.15) is 12.5 Å². The summed E-state index contributed by atoms with van der Waals surface area (Å²) in [6.07, 6.45) is 1.12. The van der Waals surface area contributed by atoms with Gasteiger partial charge in [-0.25, -0.2) is 4.98 Å². The second-order valence-corrected chi connectivity index (χ2v) is 3.58. The van der Waals surface area contributed by atoms with E-state index in [1.54, 1.807) is 19.2 Å². The van der Waals surface area contributed by atoms with E-state index in [0.717, 1.165) is 5.56 Å². The highest BCUT2D eigenvalue weighted by Gasteiger charge is 2.13. The fourth-order valence-electron chi connectivity index (χ4n) is 0.982. The van der Waals surface area contributed by atoms with Crippen LogP contribution in [-0.2, 0) is 9.53 Å². The SMILES string of the molecule is COC(C)C(=O)Nc1cc(C)cnc1Cl. The Kier molecular flexibility index (Phi) is 4.05. The highest BCUT2D eigenvalue weighted by molar-refractivity contribution is 6.32. The van der Waals surface area contributed by atoms with Gasteiger partial charge < -0.3 is 10.1 Å². The molecule has 1 unspecified atom stereocenters. The predicted molar refractivity (Wildman–Crippen MR) is 59.1 cm³/mol. The number of ether oxygens (including phenoxy) is 1. The number of halogens is 1. The van der Waals surface area contributed by atoms with Crippen LogP contribution in [0.25, 0.3) is 0 Å². The average Bonchev–Trinajstić information content (AvgIpc) is 2.22. The van der Waals surface area contributed by atoms with Crippen LogP contribution in [0.15, 0.2) is 12.3 Å². The Labute approximate surface area is 93.6 Å². The van der Waals surface area contributed by atoms with Gasteiger partial charge in [0.15, 0.2) is 5.15 Å². The van der Waals surface area contributed by atoms with Crippen LogP contribution in [-0.4, -0.2) is 24.1 Å². The Morgan fingerprint density at radius 1 is 1.67 bits per heavy atom. The molecule has 1 N–H and O–H groups in total. The monoisotopic (exact) mass is 228 g/mol. The van der Waals surface area contributed by atoms with E-state index < -0.39 is 6.10 Å². The molecule has 0 aliphatic heterocycles. The molecule has 4 nitrogen and oxygen atoms in total. The van der Waals surface area contributed by atoms with Crippen LogP contribution >= 0.6 is 11.6 Å². The molecule has 0 aliphatic carbocycles. The number of nitrogens with zero attached hydrogens (tertiary/aromatic N) is 1. The van der Waals surface area contributed by atoms with Crippen molar-refractivity contribution in [1.29, 1.82) is 0 Å². The van der Waals surface area contributed by atoms with Gasteiger partial charge in [0.05, 0.1) is 5.69 Å². The quantitative estimate of drug-likeness (QED) is 0.806. The van der Waals surface area contributed by atoms with Crippen molar-refractivity contribution in [2.24, 2.45) is 0 Å². The molecule has 0 saturated heterocycles. The first-order chi connectivity index (χ1) is 7.04. The number of rotatable bonds is 3. The van der Waals surface area contributed by atoms with Gasteiger partial charge in [-0.05, 0) is 25.5 Å². The van der Waals surface area contributed by atoms with Crippen molar-refractivity contribution < 1.29 is 9.53 Å². The number of aromatic nitrogens is 1. The lowest BCUT2D eigenvalue weighted by atomic mass is 10.3. The molecule has 0 aliphatic rings. The Morgan fingerprint density at radius 3 is 2.93 bits per heavy atom. The molecule has 5 heteroatoms. The molecule has 0 bridgehead atoms. The van der Waals surface area contributed by atoms with Crippen molar-refractivity contribution in [3.63, 3.8) is 0 Å². The number of aryl methyl sites for hydroxylation is 1.